The van der Waals surface area contributed by atoms with Gasteiger partial charge in [-0.15, -0.1) is 0 Å². The summed E-state index contributed by atoms with van der Waals surface area (Å²) in [7, 11) is 0. The lowest BCUT2D eigenvalue weighted by Gasteiger charge is -2.28. The molecule has 0 bridgehead atoms. The molecule has 18 heavy (non-hydrogen) atoms. The zero-order valence-corrected chi connectivity index (χ0v) is 11.3. The SMILES string of the molecule is CCNC1COCC1C(=O)NC(C)(C)CC(N)=O. The highest BCUT2D eigenvalue weighted by Gasteiger charge is 2.36. The molecule has 0 aromatic carbocycles. The number of carbonyl (C=O) groups is 2. The van der Waals surface area contributed by atoms with Gasteiger partial charge >= 0.3 is 0 Å². The normalized spacial score (nSPS) is 23.9. The Morgan fingerprint density at radius 2 is 2.06 bits per heavy atom. The van der Waals surface area contributed by atoms with Gasteiger partial charge in [-0.05, 0) is 20.4 Å². The average Bonchev–Trinajstić information content (AvgIpc) is 2.63. The first-order valence-corrected chi connectivity index (χ1v) is 6.27. The maximum absolute atomic E-state index is 12.1. The Bertz CT molecular complexity index is 318. The van der Waals surface area contributed by atoms with E-state index in [1.54, 1.807) is 13.8 Å². The molecule has 0 spiro atoms. The summed E-state index contributed by atoms with van der Waals surface area (Å²) in [5, 5.41) is 6.08. The largest absolute Gasteiger partial charge is 0.379 e. The van der Waals surface area contributed by atoms with E-state index >= 15 is 0 Å². The number of hydrogen-bond donors (Lipinski definition) is 3. The maximum atomic E-state index is 12.1. The van der Waals surface area contributed by atoms with Crippen molar-refractivity contribution in [1.29, 1.82) is 0 Å². The second-order valence-corrected chi connectivity index (χ2v) is 5.32. The van der Waals surface area contributed by atoms with Crippen LogP contribution in [0.25, 0.3) is 0 Å². The van der Waals surface area contributed by atoms with Crippen molar-refractivity contribution in [3.63, 3.8) is 0 Å². The lowest BCUT2D eigenvalue weighted by atomic mass is 9.96. The molecular weight excluding hydrogens is 234 g/mol. The predicted molar refractivity (Wildman–Crippen MR) is 67.8 cm³/mol. The molecule has 1 aliphatic rings. The van der Waals surface area contributed by atoms with Gasteiger partial charge in [0.05, 0.1) is 19.1 Å². The van der Waals surface area contributed by atoms with Gasteiger partial charge in [0.1, 0.15) is 0 Å². The van der Waals surface area contributed by atoms with Crippen LogP contribution in [0.3, 0.4) is 0 Å². The number of nitrogens with one attached hydrogen (secondary N) is 2. The Kier molecular flexibility index (Phi) is 5.10. The summed E-state index contributed by atoms with van der Waals surface area (Å²) in [5.41, 5.74) is 4.53. The van der Waals surface area contributed by atoms with Gasteiger partial charge in [-0.1, -0.05) is 6.92 Å². The molecule has 1 saturated heterocycles. The second-order valence-electron chi connectivity index (χ2n) is 5.32. The van der Waals surface area contributed by atoms with Crippen LogP contribution in [0.5, 0.6) is 0 Å². The monoisotopic (exact) mass is 257 g/mol. The third-order valence-electron chi connectivity index (χ3n) is 2.96. The molecule has 0 aromatic rings. The van der Waals surface area contributed by atoms with E-state index in [2.05, 4.69) is 10.6 Å². The molecule has 1 rings (SSSR count). The Balaban J connectivity index is 2.56. The molecule has 6 nitrogen and oxygen atoms in total. The van der Waals surface area contributed by atoms with Crippen molar-refractivity contribution in [1.82, 2.24) is 10.6 Å². The summed E-state index contributed by atoms with van der Waals surface area (Å²) >= 11 is 0. The van der Waals surface area contributed by atoms with E-state index in [1.807, 2.05) is 6.92 Å². The van der Waals surface area contributed by atoms with Crippen molar-refractivity contribution < 1.29 is 14.3 Å². The van der Waals surface area contributed by atoms with E-state index in [-0.39, 0.29) is 24.3 Å². The van der Waals surface area contributed by atoms with E-state index in [4.69, 9.17) is 10.5 Å². The fraction of sp³-hybridized carbons (Fsp3) is 0.833. The second kappa shape index (κ2) is 6.15. The van der Waals surface area contributed by atoms with Crippen molar-refractivity contribution in [3.05, 3.63) is 0 Å². The van der Waals surface area contributed by atoms with Crippen molar-refractivity contribution in [2.75, 3.05) is 19.8 Å². The summed E-state index contributed by atoms with van der Waals surface area (Å²) < 4.78 is 5.32. The van der Waals surface area contributed by atoms with E-state index in [1.165, 1.54) is 0 Å². The molecule has 2 unspecified atom stereocenters. The van der Waals surface area contributed by atoms with Gasteiger partial charge in [0.2, 0.25) is 11.8 Å². The van der Waals surface area contributed by atoms with Crippen LogP contribution in [0, 0.1) is 5.92 Å². The van der Waals surface area contributed by atoms with Gasteiger partial charge < -0.3 is 21.1 Å². The molecule has 0 aromatic heterocycles. The fourth-order valence-electron chi connectivity index (χ4n) is 2.18. The summed E-state index contributed by atoms with van der Waals surface area (Å²) in [4.78, 5) is 23.1. The van der Waals surface area contributed by atoms with Crippen LogP contribution in [0.2, 0.25) is 0 Å². The molecular formula is C12H23N3O3. The Hall–Kier alpha value is -1.14. The summed E-state index contributed by atoms with van der Waals surface area (Å²) in [5.74, 6) is -0.729. The van der Waals surface area contributed by atoms with Crippen molar-refractivity contribution in [2.24, 2.45) is 11.7 Å². The number of hydrogen-bond acceptors (Lipinski definition) is 4. The highest BCUT2D eigenvalue weighted by Crippen LogP contribution is 2.16. The van der Waals surface area contributed by atoms with E-state index in [9.17, 15) is 9.59 Å². The molecule has 2 atom stereocenters. The first-order valence-electron chi connectivity index (χ1n) is 6.27. The predicted octanol–water partition coefficient (Wildman–Crippen LogP) is -0.619. The highest BCUT2D eigenvalue weighted by molar-refractivity contribution is 5.82. The molecule has 104 valence electrons. The van der Waals surface area contributed by atoms with E-state index in [0.717, 1.165) is 6.54 Å². The summed E-state index contributed by atoms with van der Waals surface area (Å²) in [6.45, 7) is 7.31. The number of rotatable bonds is 6. The van der Waals surface area contributed by atoms with Gasteiger partial charge in [-0.3, -0.25) is 9.59 Å². The number of nitrogens with two attached hydrogens (primary N) is 1. The molecule has 0 saturated carbocycles. The molecule has 0 aliphatic carbocycles. The molecule has 1 heterocycles. The third-order valence-corrected chi connectivity index (χ3v) is 2.96. The van der Waals surface area contributed by atoms with E-state index < -0.39 is 11.4 Å². The zero-order valence-electron chi connectivity index (χ0n) is 11.3. The van der Waals surface area contributed by atoms with Crippen molar-refractivity contribution >= 4 is 11.8 Å². The Morgan fingerprint density at radius 1 is 1.39 bits per heavy atom. The number of primary amides is 1. The van der Waals surface area contributed by atoms with Crippen molar-refractivity contribution in [3.8, 4) is 0 Å². The van der Waals surface area contributed by atoms with Crippen molar-refractivity contribution in [2.45, 2.75) is 38.8 Å². The van der Waals surface area contributed by atoms with Gasteiger partial charge in [-0.25, -0.2) is 0 Å². The molecule has 1 aliphatic heterocycles. The molecule has 6 heteroatoms. The first kappa shape index (κ1) is 14.9. The lowest BCUT2D eigenvalue weighted by Crippen LogP contribution is -2.52. The standard InChI is InChI=1S/C12H23N3O3/c1-4-14-9-7-18-6-8(9)11(17)15-12(2,3)5-10(13)16/h8-9,14H,4-7H2,1-3H3,(H2,13,16)(H,15,17). The lowest BCUT2D eigenvalue weighted by molar-refractivity contribution is -0.127. The third kappa shape index (κ3) is 4.27. The number of amides is 2. The minimum atomic E-state index is -0.623. The fourth-order valence-corrected chi connectivity index (χ4v) is 2.18. The Labute approximate surface area is 108 Å². The van der Waals surface area contributed by atoms with Gasteiger partial charge in [-0.2, -0.15) is 0 Å². The van der Waals surface area contributed by atoms with Crippen LogP contribution < -0.4 is 16.4 Å². The maximum Gasteiger partial charge on any atom is 0.227 e. The van der Waals surface area contributed by atoms with Crippen LogP contribution in [0.1, 0.15) is 27.2 Å². The number of carbonyl (C=O) groups excluding carboxylic acids is 2. The topological polar surface area (TPSA) is 93.4 Å². The zero-order chi connectivity index (χ0) is 13.8. The van der Waals surface area contributed by atoms with Gasteiger partial charge in [0.25, 0.3) is 0 Å². The smallest absolute Gasteiger partial charge is 0.227 e. The van der Waals surface area contributed by atoms with Gasteiger partial charge in [0, 0.05) is 18.0 Å². The van der Waals surface area contributed by atoms with Crippen LogP contribution in [0.15, 0.2) is 0 Å². The first-order chi connectivity index (χ1) is 8.35. The molecule has 4 N–H and O–H groups in total. The van der Waals surface area contributed by atoms with Crippen LogP contribution in [-0.2, 0) is 14.3 Å². The minimum absolute atomic E-state index is 0.0411. The molecule has 1 fully saturated rings. The van der Waals surface area contributed by atoms with Crippen LogP contribution in [0.4, 0.5) is 0 Å². The number of likely N-dealkylation sites (N-methyl/N-ethyl adjacent to an activating group) is 1. The molecule has 0 radical (unpaired) electrons. The Morgan fingerprint density at radius 3 is 2.61 bits per heavy atom. The minimum Gasteiger partial charge on any atom is -0.379 e. The highest BCUT2D eigenvalue weighted by atomic mass is 16.5. The van der Waals surface area contributed by atoms with Crippen LogP contribution in [-0.4, -0.2) is 43.2 Å². The van der Waals surface area contributed by atoms with Gasteiger partial charge in [0.15, 0.2) is 0 Å². The van der Waals surface area contributed by atoms with Crippen LogP contribution >= 0.6 is 0 Å². The summed E-state index contributed by atoms with van der Waals surface area (Å²) in [6.07, 6.45) is 0.123. The average molecular weight is 257 g/mol. The summed E-state index contributed by atoms with van der Waals surface area (Å²) in [6, 6.07) is 0.0411. The number of ether oxygens (including phenoxy) is 1. The quantitative estimate of drug-likeness (QED) is 0.591. The van der Waals surface area contributed by atoms with E-state index in [0.29, 0.717) is 13.2 Å². The molecule has 2 amide bonds.